The zero-order chi connectivity index (χ0) is 9.07. The van der Waals surface area contributed by atoms with E-state index < -0.39 is 0 Å². The molecule has 0 aromatic carbocycles. The first kappa shape index (κ1) is 10.6. The molecule has 0 aliphatic carbocycles. The molecule has 0 aromatic heterocycles. The van der Waals surface area contributed by atoms with E-state index in [2.05, 4.69) is 20.8 Å². The monoisotopic (exact) mass is 158 g/mol. The molecule has 11 heavy (non-hydrogen) atoms. The molecule has 0 aromatic rings. The van der Waals surface area contributed by atoms with Gasteiger partial charge in [-0.3, -0.25) is 4.79 Å². The van der Waals surface area contributed by atoms with Crippen LogP contribution in [-0.2, 0) is 9.53 Å². The van der Waals surface area contributed by atoms with Crippen molar-refractivity contribution in [3.63, 3.8) is 0 Å². The highest BCUT2D eigenvalue weighted by Gasteiger charge is 2.25. The summed E-state index contributed by atoms with van der Waals surface area (Å²) in [6.45, 7) is 8.36. The molecule has 0 fully saturated rings. The number of carbonyl (C=O) groups is 1. The highest BCUT2D eigenvalue weighted by molar-refractivity contribution is 5.82. The van der Waals surface area contributed by atoms with Crippen LogP contribution in [0.5, 0.6) is 0 Å². The van der Waals surface area contributed by atoms with Crippen LogP contribution in [0.25, 0.3) is 0 Å². The molecular formula is C9H18O2. The lowest BCUT2D eigenvalue weighted by Gasteiger charge is -2.25. The highest BCUT2D eigenvalue weighted by atomic mass is 16.5. The van der Waals surface area contributed by atoms with Gasteiger partial charge in [0.25, 0.3) is 0 Å². The van der Waals surface area contributed by atoms with Gasteiger partial charge in [-0.1, -0.05) is 27.7 Å². The summed E-state index contributed by atoms with van der Waals surface area (Å²) in [7, 11) is 1.55. The molecule has 0 heterocycles. The van der Waals surface area contributed by atoms with Crippen LogP contribution >= 0.6 is 0 Å². The second-order valence-electron chi connectivity index (χ2n) is 3.99. The standard InChI is InChI=1S/C9H18O2/c1-7(9(2,3)4)8(10)6-11-5/h7H,6H2,1-5H3. The molecular weight excluding hydrogens is 140 g/mol. The fraction of sp³-hybridized carbons (Fsp3) is 0.889. The van der Waals surface area contributed by atoms with Crippen molar-refractivity contribution in [2.45, 2.75) is 27.7 Å². The Kier molecular flexibility index (Phi) is 3.73. The van der Waals surface area contributed by atoms with Crippen LogP contribution in [0.4, 0.5) is 0 Å². The van der Waals surface area contributed by atoms with Crippen molar-refractivity contribution in [2.75, 3.05) is 13.7 Å². The van der Waals surface area contributed by atoms with E-state index in [0.717, 1.165) is 0 Å². The fourth-order valence-corrected chi connectivity index (χ4v) is 0.750. The van der Waals surface area contributed by atoms with Crippen molar-refractivity contribution >= 4 is 5.78 Å². The van der Waals surface area contributed by atoms with Crippen molar-refractivity contribution in [1.82, 2.24) is 0 Å². The van der Waals surface area contributed by atoms with E-state index in [1.807, 2.05) is 6.92 Å². The van der Waals surface area contributed by atoms with Gasteiger partial charge < -0.3 is 4.74 Å². The van der Waals surface area contributed by atoms with E-state index in [9.17, 15) is 4.79 Å². The Balaban J connectivity index is 4.03. The van der Waals surface area contributed by atoms with Gasteiger partial charge in [-0.05, 0) is 5.41 Å². The number of carbonyl (C=O) groups excluding carboxylic acids is 1. The van der Waals surface area contributed by atoms with Crippen LogP contribution in [0, 0.1) is 11.3 Å². The lowest BCUT2D eigenvalue weighted by Crippen LogP contribution is -2.28. The first-order valence-electron chi connectivity index (χ1n) is 3.91. The summed E-state index contributed by atoms with van der Waals surface area (Å²) in [4.78, 5) is 11.3. The first-order valence-corrected chi connectivity index (χ1v) is 3.91. The Morgan fingerprint density at radius 3 is 2.18 bits per heavy atom. The average molecular weight is 158 g/mol. The van der Waals surface area contributed by atoms with Crippen molar-refractivity contribution < 1.29 is 9.53 Å². The van der Waals surface area contributed by atoms with Gasteiger partial charge in [0.1, 0.15) is 6.61 Å². The van der Waals surface area contributed by atoms with Gasteiger partial charge in [0, 0.05) is 13.0 Å². The number of hydrogen-bond acceptors (Lipinski definition) is 2. The zero-order valence-electron chi connectivity index (χ0n) is 8.10. The summed E-state index contributed by atoms with van der Waals surface area (Å²) >= 11 is 0. The molecule has 0 saturated heterocycles. The van der Waals surface area contributed by atoms with Gasteiger partial charge >= 0.3 is 0 Å². The van der Waals surface area contributed by atoms with Crippen LogP contribution < -0.4 is 0 Å². The molecule has 66 valence electrons. The number of hydrogen-bond donors (Lipinski definition) is 0. The number of ether oxygens (including phenoxy) is 1. The Morgan fingerprint density at radius 1 is 1.45 bits per heavy atom. The van der Waals surface area contributed by atoms with Gasteiger partial charge in [0.15, 0.2) is 5.78 Å². The van der Waals surface area contributed by atoms with E-state index in [-0.39, 0.29) is 23.7 Å². The summed E-state index contributed by atoms with van der Waals surface area (Å²) < 4.78 is 4.77. The predicted molar refractivity (Wildman–Crippen MR) is 45.5 cm³/mol. The maximum Gasteiger partial charge on any atom is 0.161 e. The van der Waals surface area contributed by atoms with Crippen LogP contribution in [-0.4, -0.2) is 19.5 Å². The summed E-state index contributed by atoms with van der Waals surface area (Å²) in [5.41, 5.74) is 0.0512. The molecule has 1 unspecified atom stereocenters. The minimum absolute atomic E-state index is 0.0512. The second-order valence-corrected chi connectivity index (χ2v) is 3.99. The Hall–Kier alpha value is -0.370. The molecule has 0 amide bonds. The zero-order valence-corrected chi connectivity index (χ0v) is 8.10. The first-order chi connectivity index (χ1) is 4.89. The van der Waals surface area contributed by atoms with E-state index in [1.165, 1.54) is 0 Å². The summed E-state index contributed by atoms with van der Waals surface area (Å²) in [6, 6.07) is 0. The quantitative estimate of drug-likeness (QED) is 0.627. The van der Waals surface area contributed by atoms with E-state index in [0.29, 0.717) is 0 Å². The topological polar surface area (TPSA) is 26.3 Å². The number of Topliss-reactive ketones (excluding diaryl/α,β-unsaturated/α-hetero) is 1. The fourth-order valence-electron chi connectivity index (χ4n) is 0.750. The Bertz CT molecular complexity index is 133. The molecule has 2 nitrogen and oxygen atoms in total. The second kappa shape index (κ2) is 3.86. The molecule has 0 N–H and O–H groups in total. The molecule has 2 heteroatoms. The van der Waals surface area contributed by atoms with Crippen molar-refractivity contribution in [1.29, 1.82) is 0 Å². The third kappa shape index (κ3) is 3.51. The van der Waals surface area contributed by atoms with Gasteiger partial charge in [-0.15, -0.1) is 0 Å². The predicted octanol–water partition coefficient (Wildman–Crippen LogP) is 1.88. The molecule has 0 bridgehead atoms. The maximum absolute atomic E-state index is 11.3. The Labute approximate surface area is 68.9 Å². The third-order valence-electron chi connectivity index (χ3n) is 2.07. The Morgan fingerprint density at radius 2 is 1.91 bits per heavy atom. The van der Waals surface area contributed by atoms with Crippen molar-refractivity contribution in [2.24, 2.45) is 11.3 Å². The maximum atomic E-state index is 11.3. The van der Waals surface area contributed by atoms with Gasteiger partial charge in [0.05, 0.1) is 0 Å². The van der Waals surface area contributed by atoms with Crippen molar-refractivity contribution in [3.05, 3.63) is 0 Å². The molecule has 1 atom stereocenters. The van der Waals surface area contributed by atoms with E-state index in [1.54, 1.807) is 7.11 Å². The highest BCUT2D eigenvalue weighted by Crippen LogP contribution is 2.25. The lowest BCUT2D eigenvalue weighted by atomic mass is 9.80. The summed E-state index contributed by atoms with van der Waals surface area (Å²) in [5, 5.41) is 0. The van der Waals surface area contributed by atoms with Gasteiger partial charge in [-0.25, -0.2) is 0 Å². The SMILES string of the molecule is COCC(=O)C(C)C(C)(C)C. The largest absolute Gasteiger partial charge is 0.377 e. The summed E-state index contributed by atoms with van der Waals surface area (Å²) in [5.74, 6) is 0.252. The molecule has 0 saturated carbocycles. The van der Waals surface area contributed by atoms with Gasteiger partial charge in [0.2, 0.25) is 0 Å². The van der Waals surface area contributed by atoms with Gasteiger partial charge in [-0.2, -0.15) is 0 Å². The number of ketones is 1. The number of rotatable bonds is 3. The van der Waals surface area contributed by atoms with E-state index in [4.69, 9.17) is 4.74 Å². The average Bonchev–Trinajstić information content (AvgIpc) is 1.85. The van der Waals surface area contributed by atoms with Crippen LogP contribution in [0.3, 0.4) is 0 Å². The lowest BCUT2D eigenvalue weighted by molar-refractivity contribution is -0.129. The normalized spacial score (nSPS) is 14.6. The molecule has 0 radical (unpaired) electrons. The molecule has 0 aliphatic rings. The van der Waals surface area contributed by atoms with Crippen LogP contribution in [0.2, 0.25) is 0 Å². The summed E-state index contributed by atoms with van der Waals surface area (Å²) in [6.07, 6.45) is 0. The minimum Gasteiger partial charge on any atom is -0.377 e. The molecule has 0 spiro atoms. The van der Waals surface area contributed by atoms with E-state index >= 15 is 0 Å². The number of methoxy groups -OCH3 is 1. The molecule has 0 aliphatic heterocycles. The van der Waals surface area contributed by atoms with Crippen LogP contribution in [0.1, 0.15) is 27.7 Å². The smallest absolute Gasteiger partial charge is 0.161 e. The third-order valence-corrected chi connectivity index (χ3v) is 2.07. The minimum atomic E-state index is 0.0512. The van der Waals surface area contributed by atoms with Crippen molar-refractivity contribution in [3.8, 4) is 0 Å². The van der Waals surface area contributed by atoms with Crippen LogP contribution in [0.15, 0.2) is 0 Å². The molecule has 0 rings (SSSR count).